The lowest BCUT2D eigenvalue weighted by Gasteiger charge is -2.35. The van der Waals surface area contributed by atoms with Gasteiger partial charge < -0.3 is 10.2 Å². The first-order valence-electron chi connectivity index (χ1n) is 39.4. The van der Waals surface area contributed by atoms with Crippen molar-refractivity contribution in [1.82, 2.24) is 0 Å². The molecule has 0 saturated heterocycles. The molecule has 0 atom stereocenters. The van der Waals surface area contributed by atoms with Crippen molar-refractivity contribution < 1.29 is 11.0 Å². The third-order valence-corrected chi connectivity index (χ3v) is 20.9. The lowest BCUT2D eigenvalue weighted by molar-refractivity contribution is 0.768. The van der Waals surface area contributed by atoms with E-state index < -0.39 is 5.41 Å². The lowest BCUT2D eigenvalue weighted by Crippen LogP contribution is -2.28. The summed E-state index contributed by atoms with van der Waals surface area (Å²) in [6.45, 7) is 0. The summed E-state index contributed by atoms with van der Waals surface area (Å²) in [6, 6.07) is 129. The first kappa shape index (κ1) is 55.6. The van der Waals surface area contributed by atoms with Crippen molar-refractivity contribution in [3.05, 3.63) is 474 Å². The van der Waals surface area contributed by atoms with Crippen molar-refractivity contribution in [2.75, 3.05) is 10.2 Å². The second-order valence-electron chi connectivity index (χ2n) is 26.5. The van der Waals surface area contributed by atoms with Crippen molar-refractivity contribution in [2.24, 2.45) is 0 Å². The number of nitrogens with zero attached hydrogens (tertiary/aromatic N) is 1. The highest BCUT2D eigenvalue weighted by Gasteiger charge is 2.48. The zero-order valence-corrected chi connectivity index (χ0v) is 57.9. The van der Waals surface area contributed by atoms with E-state index in [1.54, 1.807) is 0 Å². The molecule has 0 aromatic heterocycles. The fourth-order valence-corrected chi connectivity index (χ4v) is 16.4. The summed E-state index contributed by atoms with van der Waals surface area (Å²) < 4.78 is 71.3. The van der Waals surface area contributed by atoms with Gasteiger partial charge in [-0.2, -0.15) is 0 Å². The van der Waals surface area contributed by atoms with Gasteiger partial charge in [0.05, 0.1) is 21.8 Å². The molecule has 0 spiro atoms. The van der Waals surface area contributed by atoms with Crippen molar-refractivity contribution in [3.8, 4) is 44.5 Å². The van der Waals surface area contributed by atoms with E-state index in [9.17, 15) is 5.48 Å². The van der Waals surface area contributed by atoms with Crippen molar-refractivity contribution in [2.45, 2.75) is 10.8 Å². The molecule has 496 valence electrons. The Kier molecular flexibility index (Phi) is 14.6. The van der Waals surface area contributed by atoms with Crippen molar-refractivity contribution in [1.29, 1.82) is 0 Å². The Bertz CT molecular complexity index is 6570. The average Bonchev–Trinajstić information content (AvgIpc) is 1.56. The predicted octanol–water partition coefficient (Wildman–Crippen LogP) is 27.6. The standard InChI is InChI=1S/C51H35N.C31H23N.C20H13Cl/c1-4-17-38(18-5-1)51(39-19-6-2-7-20-39)49-27-15-14-26-46(49)47-33-32-42(35-50(47)51)52(40-21-8-3-9-22-40)41-30-28-36(29-31-41)48-34-37-16-10-11-23-43(37)44-24-12-13-25-45(44)48;1-4-12-23(13-5-1)31(24-14-6-2-7-15-24)29-19-11-10-18-27(29)28-21-20-26(22-30(28)31)32-25-16-8-3-9-17-25;21-16-11-9-14(10-12-16)20-13-15-5-1-2-6-17(15)18-7-3-4-8-19(18)20/h1-35H;1-22,32H;1-13H/i28D,29D,30D,31D;;9D,10D,11D,12D. The second-order valence-corrected chi connectivity index (χ2v) is 26.9. The molecule has 0 radical (unpaired) electrons. The van der Waals surface area contributed by atoms with Crippen molar-refractivity contribution >= 4 is 83.1 Å². The molecule has 0 amide bonds. The predicted molar refractivity (Wildman–Crippen MR) is 444 cm³/mol. The molecule has 0 saturated carbocycles. The fraction of sp³-hybridized carbons (Fsp3) is 0.0196. The van der Waals surface area contributed by atoms with Crippen molar-refractivity contribution in [3.63, 3.8) is 0 Å². The van der Waals surface area contributed by atoms with Gasteiger partial charge in [-0.05, 0) is 217 Å². The Balaban J connectivity index is 0.000000131. The number of hydrogen-bond acceptors (Lipinski definition) is 2. The van der Waals surface area contributed by atoms with E-state index in [2.05, 4.69) is 230 Å². The molecule has 0 fully saturated rings. The van der Waals surface area contributed by atoms with E-state index in [4.69, 9.17) is 17.1 Å². The van der Waals surface area contributed by atoms with Crippen LogP contribution >= 0.6 is 11.6 Å². The monoisotopic (exact) mass is 1370 g/mol. The van der Waals surface area contributed by atoms with Crippen LogP contribution in [0.15, 0.2) is 424 Å². The molecule has 0 bridgehead atoms. The van der Waals surface area contributed by atoms with E-state index in [0.29, 0.717) is 11.1 Å². The van der Waals surface area contributed by atoms with Crippen LogP contribution in [0.5, 0.6) is 0 Å². The minimum Gasteiger partial charge on any atom is -0.356 e. The first-order valence-corrected chi connectivity index (χ1v) is 35.8. The van der Waals surface area contributed by atoms with Gasteiger partial charge in [0.1, 0.15) is 0 Å². The minimum absolute atomic E-state index is 0.0844. The number of para-hydroxylation sites is 2. The minimum atomic E-state index is -0.650. The molecule has 105 heavy (non-hydrogen) atoms. The number of halogens is 1. The van der Waals surface area contributed by atoms with E-state index in [1.165, 1.54) is 38.9 Å². The van der Waals surface area contributed by atoms with Crippen LogP contribution in [0.1, 0.15) is 55.5 Å². The maximum Gasteiger partial charge on any atom is 0.0714 e. The van der Waals surface area contributed by atoms with Crippen LogP contribution in [0.2, 0.25) is 5.02 Å². The Morgan fingerprint density at radius 2 is 0.590 bits per heavy atom. The van der Waals surface area contributed by atoms with Crippen LogP contribution in [0, 0.1) is 0 Å². The third-order valence-electron chi connectivity index (χ3n) is 20.7. The second kappa shape index (κ2) is 27.7. The highest BCUT2D eigenvalue weighted by Crippen LogP contribution is 2.59. The maximum absolute atomic E-state index is 9.70. The molecule has 3 heteroatoms. The molecule has 0 heterocycles. The lowest BCUT2D eigenvalue weighted by atomic mass is 9.67. The summed E-state index contributed by atoms with van der Waals surface area (Å²) in [5.41, 5.74) is 19.4. The molecule has 0 unspecified atom stereocenters. The van der Waals surface area contributed by atoms with Gasteiger partial charge in [-0.1, -0.05) is 351 Å². The van der Waals surface area contributed by atoms with Crippen LogP contribution in [0.25, 0.3) is 87.6 Å². The highest BCUT2D eigenvalue weighted by molar-refractivity contribution is 6.30. The number of fused-ring (bicyclic) bond motifs is 12. The summed E-state index contributed by atoms with van der Waals surface area (Å²) in [5.74, 6) is 0. The zero-order chi connectivity index (χ0) is 77.1. The molecular formula is C102H71ClN2. The van der Waals surface area contributed by atoms with Crippen LogP contribution < -0.4 is 10.2 Å². The number of rotatable bonds is 11. The average molecular weight is 1370 g/mol. The van der Waals surface area contributed by atoms with Gasteiger partial charge in [-0.25, -0.2) is 0 Å². The highest BCUT2D eigenvalue weighted by atomic mass is 35.5. The summed E-state index contributed by atoms with van der Waals surface area (Å²) in [7, 11) is 0. The van der Waals surface area contributed by atoms with Crippen LogP contribution in [0.4, 0.5) is 28.4 Å². The molecule has 20 rings (SSSR count). The van der Waals surface area contributed by atoms with Gasteiger partial charge in [0.2, 0.25) is 0 Å². The van der Waals surface area contributed by atoms with E-state index in [-0.39, 0.29) is 75.6 Å². The molecule has 2 nitrogen and oxygen atoms in total. The van der Waals surface area contributed by atoms with Gasteiger partial charge >= 0.3 is 0 Å². The van der Waals surface area contributed by atoms with Gasteiger partial charge in [-0.15, -0.1) is 0 Å². The topological polar surface area (TPSA) is 15.3 Å². The Hall–Kier alpha value is -13.1. The Morgan fingerprint density at radius 1 is 0.238 bits per heavy atom. The van der Waals surface area contributed by atoms with Crippen LogP contribution in [-0.2, 0) is 10.8 Å². The summed E-state index contributed by atoms with van der Waals surface area (Å²) in [5, 5.41) is 11.4. The van der Waals surface area contributed by atoms with Gasteiger partial charge in [0, 0.05) is 33.5 Å². The molecular weight excluding hydrogens is 1290 g/mol. The largest absolute Gasteiger partial charge is 0.356 e. The number of benzene rings is 18. The molecule has 0 aliphatic heterocycles. The normalized spacial score (nSPS) is 13.6. The van der Waals surface area contributed by atoms with Crippen LogP contribution in [-0.4, -0.2) is 0 Å². The quantitative estimate of drug-likeness (QED) is 0.130. The number of nitrogens with one attached hydrogen (secondary N) is 1. The summed E-state index contributed by atoms with van der Waals surface area (Å²) in [6.07, 6.45) is 0. The molecule has 1 N–H and O–H groups in total. The van der Waals surface area contributed by atoms with Gasteiger partial charge in [0.15, 0.2) is 0 Å². The first-order chi connectivity index (χ1) is 55.4. The summed E-state index contributed by atoms with van der Waals surface area (Å²) >= 11 is 5.95. The summed E-state index contributed by atoms with van der Waals surface area (Å²) in [4.78, 5) is 1.90. The smallest absolute Gasteiger partial charge is 0.0714 e. The number of anilines is 5. The molecule has 2 aliphatic rings. The maximum atomic E-state index is 9.70. The fourth-order valence-electron chi connectivity index (χ4n) is 16.3. The Labute approximate surface area is 629 Å². The molecule has 18 aromatic rings. The van der Waals surface area contributed by atoms with E-state index in [0.717, 1.165) is 93.7 Å². The third kappa shape index (κ3) is 11.4. The van der Waals surface area contributed by atoms with Gasteiger partial charge in [-0.3, -0.25) is 0 Å². The SMILES string of the molecule is [2H]c1c([2H])c(-c2cc3ccccc3c3ccccc23)c([2H])c([2H])c1Cl.[2H]c1c([2H])c(N(c2ccccc2)c2ccc3c(c2)C(c2ccccc2)(c2ccccc2)c2ccccc2-3)c([2H])c([2H])c1-c1cc2ccccc2c2ccccc12.c1ccc(Nc2ccc3c(c2)C(c2ccccc2)(c2ccccc2)c2ccccc2-3)cc1. The Morgan fingerprint density at radius 3 is 1.06 bits per heavy atom. The van der Waals surface area contributed by atoms with Crippen LogP contribution in [0.3, 0.4) is 0 Å². The number of hydrogen-bond donors (Lipinski definition) is 1. The van der Waals surface area contributed by atoms with E-state index in [1.807, 2.05) is 157 Å². The molecule has 2 aliphatic carbocycles. The molecule has 18 aromatic carbocycles. The zero-order valence-electron chi connectivity index (χ0n) is 65.1. The van der Waals surface area contributed by atoms with E-state index >= 15 is 0 Å². The van der Waals surface area contributed by atoms with Gasteiger partial charge in [0.25, 0.3) is 0 Å².